The van der Waals surface area contributed by atoms with Crippen molar-refractivity contribution in [3.05, 3.63) is 89.2 Å². The number of benzene rings is 2. The number of hydrogen-bond donors (Lipinski definition) is 2. The molecule has 184 valence electrons. The number of nitrogens with two attached hydrogens (primary N) is 1. The smallest absolute Gasteiger partial charge is 0.225 e. The molecule has 1 aromatic heterocycles. The average molecular weight is 476 g/mol. The molecule has 0 radical (unpaired) electrons. The first-order chi connectivity index (χ1) is 17.2. The molecule has 0 amide bonds. The van der Waals surface area contributed by atoms with Gasteiger partial charge in [0.1, 0.15) is 0 Å². The summed E-state index contributed by atoms with van der Waals surface area (Å²) in [4.78, 5) is 13.5. The fourth-order valence-electron chi connectivity index (χ4n) is 4.72. The molecule has 2 saturated heterocycles. The minimum atomic E-state index is -0.442. The molecular weight excluding hydrogens is 442 g/mol. The molecule has 2 aliphatic rings. The Morgan fingerprint density at radius 2 is 1.51 bits per heavy atom. The van der Waals surface area contributed by atoms with Gasteiger partial charge >= 0.3 is 0 Å². The van der Waals surface area contributed by atoms with Crippen LogP contribution >= 0.6 is 0 Å². The molecule has 5 rings (SSSR count). The van der Waals surface area contributed by atoms with E-state index < -0.39 is 6.29 Å². The summed E-state index contributed by atoms with van der Waals surface area (Å²) in [6.07, 6.45) is 3.86. The highest BCUT2D eigenvalue weighted by Crippen LogP contribution is 2.38. The number of anilines is 1. The summed E-state index contributed by atoms with van der Waals surface area (Å²) in [5.41, 5.74) is 9.85. The molecule has 3 atom stereocenters. The van der Waals surface area contributed by atoms with Gasteiger partial charge in [-0.15, -0.1) is 0 Å². The maximum Gasteiger partial charge on any atom is 0.225 e. The maximum absolute atomic E-state index is 9.41. The van der Waals surface area contributed by atoms with Crippen LogP contribution < -0.4 is 10.6 Å². The molecule has 3 N–H and O–H groups in total. The highest BCUT2D eigenvalue weighted by atomic mass is 16.7. The second-order valence-corrected chi connectivity index (χ2v) is 9.13. The van der Waals surface area contributed by atoms with Gasteiger partial charge in [-0.25, -0.2) is 9.97 Å². The Morgan fingerprint density at radius 1 is 0.857 bits per heavy atom. The molecule has 0 bridgehead atoms. The number of hydrogen-bond acceptors (Lipinski definition) is 8. The van der Waals surface area contributed by atoms with Crippen LogP contribution in [0.1, 0.15) is 41.1 Å². The topological polar surface area (TPSA) is 97.0 Å². The second-order valence-electron chi connectivity index (χ2n) is 9.13. The molecule has 0 saturated carbocycles. The number of nitrogens with zero attached hydrogens (tertiary/aromatic N) is 4. The van der Waals surface area contributed by atoms with Gasteiger partial charge < -0.3 is 25.2 Å². The van der Waals surface area contributed by atoms with Gasteiger partial charge in [-0.2, -0.15) is 0 Å². The van der Waals surface area contributed by atoms with Crippen molar-refractivity contribution in [3.8, 4) is 0 Å². The standard InChI is InChI=1S/C27H33N5O3/c28-17-20-2-8-23(9-3-20)26-34-24(16-25(35-26)22-6-4-21(19-33)5-7-22)18-31-12-14-32(15-13-31)27-29-10-1-11-30-27/h1-11,24-26,33H,12-19,28H2/t24-,25+,26?/m0/s1. The predicted molar refractivity (Wildman–Crippen MR) is 133 cm³/mol. The van der Waals surface area contributed by atoms with Gasteiger partial charge in [0.05, 0.1) is 18.8 Å². The summed E-state index contributed by atoms with van der Waals surface area (Å²) in [5.74, 6) is 0.793. The van der Waals surface area contributed by atoms with Crippen LogP contribution in [-0.2, 0) is 22.6 Å². The summed E-state index contributed by atoms with van der Waals surface area (Å²) in [7, 11) is 0. The zero-order valence-electron chi connectivity index (χ0n) is 19.9. The van der Waals surface area contributed by atoms with E-state index in [2.05, 4.69) is 19.8 Å². The second kappa shape index (κ2) is 11.2. The van der Waals surface area contributed by atoms with Crippen LogP contribution in [-0.4, -0.2) is 58.8 Å². The lowest BCUT2D eigenvalue weighted by molar-refractivity contribution is -0.253. The van der Waals surface area contributed by atoms with E-state index in [1.165, 1.54) is 0 Å². The van der Waals surface area contributed by atoms with Gasteiger partial charge in [-0.05, 0) is 22.8 Å². The van der Waals surface area contributed by atoms with Crippen molar-refractivity contribution in [1.29, 1.82) is 0 Å². The van der Waals surface area contributed by atoms with E-state index in [0.717, 1.165) is 67.3 Å². The first-order valence-corrected chi connectivity index (χ1v) is 12.3. The van der Waals surface area contributed by atoms with Crippen molar-refractivity contribution in [2.24, 2.45) is 5.73 Å². The number of aliphatic hydroxyl groups excluding tert-OH is 1. The summed E-state index contributed by atoms with van der Waals surface area (Å²) >= 11 is 0. The summed E-state index contributed by atoms with van der Waals surface area (Å²) in [6, 6.07) is 18.0. The van der Waals surface area contributed by atoms with Gasteiger partial charge in [0, 0.05) is 63.6 Å². The number of rotatable bonds is 7. The monoisotopic (exact) mass is 475 g/mol. The van der Waals surface area contributed by atoms with Crippen LogP contribution in [0.2, 0.25) is 0 Å². The molecule has 2 aromatic carbocycles. The van der Waals surface area contributed by atoms with E-state index in [0.29, 0.717) is 6.54 Å². The first kappa shape index (κ1) is 23.8. The fraction of sp³-hybridized carbons (Fsp3) is 0.407. The molecule has 0 aliphatic carbocycles. The summed E-state index contributed by atoms with van der Waals surface area (Å²) in [5, 5.41) is 9.41. The summed E-state index contributed by atoms with van der Waals surface area (Å²) < 4.78 is 12.9. The largest absolute Gasteiger partial charge is 0.392 e. The van der Waals surface area contributed by atoms with Crippen molar-refractivity contribution in [2.45, 2.75) is 38.1 Å². The van der Waals surface area contributed by atoms with Gasteiger partial charge in [-0.1, -0.05) is 48.5 Å². The van der Waals surface area contributed by atoms with Crippen molar-refractivity contribution in [3.63, 3.8) is 0 Å². The maximum atomic E-state index is 9.41. The Labute approximate surface area is 206 Å². The Balaban J connectivity index is 1.28. The predicted octanol–water partition coefficient (Wildman–Crippen LogP) is 2.80. The van der Waals surface area contributed by atoms with Gasteiger partial charge in [-0.3, -0.25) is 4.90 Å². The number of piperazine rings is 1. The minimum absolute atomic E-state index is 0.0324. The quantitative estimate of drug-likeness (QED) is 0.539. The van der Waals surface area contributed by atoms with Crippen LogP contribution in [0.3, 0.4) is 0 Å². The SMILES string of the molecule is NCc1ccc(C2O[C@H](CN3CCN(c4ncccn4)CC3)C[C@H](c3ccc(CO)cc3)O2)cc1. The summed E-state index contributed by atoms with van der Waals surface area (Å²) in [6.45, 7) is 5.04. The minimum Gasteiger partial charge on any atom is -0.392 e. The zero-order valence-corrected chi connectivity index (χ0v) is 19.9. The van der Waals surface area contributed by atoms with Gasteiger partial charge in [0.2, 0.25) is 5.95 Å². The fourth-order valence-corrected chi connectivity index (χ4v) is 4.72. The van der Waals surface area contributed by atoms with Crippen molar-refractivity contribution < 1.29 is 14.6 Å². The molecule has 1 unspecified atom stereocenters. The molecule has 8 heteroatoms. The third-order valence-corrected chi connectivity index (χ3v) is 6.77. The van der Waals surface area contributed by atoms with E-state index in [4.69, 9.17) is 15.2 Å². The molecular formula is C27H33N5O3. The highest BCUT2D eigenvalue weighted by Gasteiger charge is 2.33. The van der Waals surface area contributed by atoms with Crippen LogP contribution in [0.4, 0.5) is 5.95 Å². The molecule has 2 aliphatic heterocycles. The number of aliphatic hydroxyl groups is 1. The van der Waals surface area contributed by atoms with E-state index in [9.17, 15) is 5.11 Å². The number of aromatic nitrogens is 2. The van der Waals surface area contributed by atoms with E-state index >= 15 is 0 Å². The Bertz CT molecular complexity index is 1000. The van der Waals surface area contributed by atoms with E-state index in [1.807, 2.05) is 54.6 Å². The van der Waals surface area contributed by atoms with Crippen LogP contribution in [0.25, 0.3) is 0 Å². The Kier molecular flexibility index (Phi) is 7.66. The van der Waals surface area contributed by atoms with E-state index in [1.54, 1.807) is 12.4 Å². The molecule has 0 spiro atoms. The normalized spacial score (nSPS) is 23.4. The van der Waals surface area contributed by atoms with Gasteiger partial charge in [0.25, 0.3) is 0 Å². The van der Waals surface area contributed by atoms with Crippen LogP contribution in [0.15, 0.2) is 67.0 Å². The lowest BCUT2D eigenvalue weighted by atomic mass is 9.99. The first-order valence-electron chi connectivity index (χ1n) is 12.3. The van der Waals surface area contributed by atoms with Gasteiger partial charge in [0.15, 0.2) is 6.29 Å². The zero-order chi connectivity index (χ0) is 24.0. The molecule has 8 nitrogen and oxygen atoms in total. The van der Waals surface area contributed by atoms with Crippen molar-refractivity contribution >= 4 is 5.95 Å². The Hall–Kier alpha value is -2.88. The molecule has 3 heterocycles. The highest BCUT2D eigenvalue weighted by molar-refractivity contribution is 5.29. The van der Waals surface area contributed by atoms with E-state index in [-0.39, 0.29) is 18.8 Å². The lowest BCUT2D eigenvalue weighted by Crippen LogP contribution is -2.50. The Morgan fingerprint density at radius 3 is 2.17 bits per heavy atom. The van der Waals surface area contributed by atoms with Crippen LogP contribution in [0, 0.1) is 0 Å². The van der Waals surface area contributed by atoms with Crippen molar-refractivity contribution in [2.75, 3.05) is 37.6 Å². The van der Waals surface area contributed by atoms with Crippen LogP contribution in [0.5, 0.6) is 0 Å². The average Bonchev–Trinajstić information content (AvgIpc) is 2.94. The third-order valence-electron chi connectivity index (χ3n) is 6.77. The number of ether oxygens (including phenoxy) is 2. The van der Waals surface area contributed by atoms with Crippen molar-refractivity contribution in [1.82, 2.24) is 14.9 Å². The molecule has 2 fully saturated rings. The molecule has 35 heavy (non-hydrogen) atoms. The third kappa shape index (κ3) is 5.86. The molecule has 3 aromatic rings. The lowest BCUT2D eigenvalue weighted by Gasteiger charge is -2.40.